The Labute approximate surface area is 175 Å². The molecule has 0 aliphatic rings. The van der Waals surface area contributed by atoms with Crippen LogP contribution in [-0.4, -0.2) is 28.7 Å². The summed E-state index contributed by atoms with van der Waals surface area (Å²) in [5, 5.41) is 3.77. The van der Waals surface area contributed by atoms with Crippen molar-refractivity contribution in [3.63, 3.8) is 0 Å². The van der Waals surface area contributed by atoms with Gasteiger partial charge in [-0.3, -0.25) is 4.79 Å². The number of methoxy groups -OCH3 is 1. The lowest BCUT2D eigenvalue weighted by Gasteiger charge is -2.20. The van der Waals surface area contributed by atoms with Gasteiger partial charge >= 0.3 is 0 Å². The topological polar surface area (TPSA) is 64.1 Å². The molecule has 0 aliphatic carbocycles. The lowest BCUT2D eigenvalue weighted by molar-refractivity contribution is -0.119. The third-order valence-corrected chi connectivity index (χ3v) is 5.68. The minimum absolute atomic E-state index is 0.0702. The smallest absolute Gasteiger partial charge is 0.231 e. The monoisotopic (exact) mass is 407 g/mol. The van der Waals surface area contributed by atoms with Gasteiger partial charge in [0.15, 0.2) is 5.16 Å². The predicted octanol–water partition coefficient (Wildman–Crippen LogP) is 4.41. The summed E-state index contributed by atoms with van der Waals surface area (Å²) in [5.74, 6) is 0.963. The summed E-state index contributed by atoms with van der Waals surface area (Å²) in [4.78, 5) is 21.7. The first-order valence-corrected chi connectivity index (χ1v) is 10.4. The van der Waals surface area contributed by atoms with Gasteiger partial charge in [0.1, 0.15) is 5.75 Å². The van der Waals surface area contributed by atoms with Gasteiger partial charge in [0.2, 0.25) is 5.91 Å². The van der Waals surface area contributed by atoms with Crippen LogP contribution < -0.4 is 10.1 Å². The van der Waals surface area contributed by atoms with Crippen LogP contribution in [-0.2, 0) is 4.79 Å². The van der Waals surface area contributed by atoms with Crippen molar-refractivity contribution in [2.24, 2.45) is 0 Å². The van der Waals surface area contributed by atoms with Crippen LogP contribution in [0.25, 0.3) is 0 Å². The number of benzene rings is 2. The minimum Gasteiger partial charge on any atom is -0.497 e. The van der Waals surface area contributed by atoms with E-state index in [1.807, 2.05) is 75.4 Å². The molecule has 0 aliphatic heterocycles. The Kier molecular flexibility index (Phi) is 6.88. The first-order chi connectivity index (χ1) is 14.0. The van der Waals surface area contributed by atoms with Gasteiger partial charge in [-0.1, -0.05) is 54.2 Å². The fraction of sp³-hybridized carbons (Fsp3) is 0.261. The summed E-state index contributed by atoms with van der Waals surface area (Å²) >= 11 is 1.35. The van der Waals surface area contributed by atoms with Crippen molar-refractivity contribution in [1.82, 2.24) is 15.3 Å². The minimum atomic E-state index is -0.238. The van der Waals surface area contributed by atoms with E-state index < -0.39 is 0 Å². The molecule has 150 valence electrons. The molecule has 3 rings (SSSR count). The molecule has 2 aromatic carbocycles. The molecule has 1 amide bonds. The number of amides is 1. The second-order valence-corrected chi connectivity index (χ2v) is 7.72. The highest BCUT2D eigenvalue weighted by Crippen LogP contribution is 2.25. The van der Waals surface area contributed by atoms with E-state index in [0.29, 0.717) is 5.16 Å². The molecular formula is C23H25N3O2S. The Balaban J connectivity index is 1.74. The third-order valence-electron chi connectivity index (χ3n) is 4.83. The first kappa shape index (κ1) is 20.9. The van der Waals surface area contributed by atoms with Crippen molar-refractivity contribution in [2.75, 3.05) is 12.9 Å². The lowest BCUT2D eigenvalue weighted by Crippen LogP contribution is -2.30. The fourth-order valence-corrected chi connectivity index (χ4v) is 3.69. The molecule has 0 bridgehead atoms. The van der Waals surface area contributed by atoms with E-state index in [1.54, 1.807) is 7.11 Å². The van der Waals surface area contributed by atoms with Crippen LogP contribution in [0.2, 0.25) is 0 Å². The summed E-state index contributed by atoms with van der Waals surface area (Å²) in [5.41, 5.74) is 4.99. The first-order valence-electron chi connectivity index (χ1n) is 9.41. The summed E-state index contributed by atoms with van der Waals surface area (Å²) in [6.07, 6.45) is 0. The number of carbonyl (C=O) groups is 1. The van der Waals surface area contributed by atoms with Crippen molar-refractivity contribution in [3.05, 3.63) is 82.7 Å². The normalized spacial score (nSPS) is 11.7. The summed E-state index contributed by atoms with van der Waals surface area (Å²) in [6.45, 7) is 5.93. The van der Waals surface area contributed by atoms with Crippen LogP contribution in [0.4, 0.5) is 0 Å². The van der Waals surface area contributed by atoms with E-state index in [-0.39, 0.29) is 17.7 Å². The van der Waals surface area contributed by atoms with Crippen molar-refractivity contribution in [3.8, 4) is 5.75 Å². The summed E-state index contributed by atoms with van der Waals surface area (Å²) in [7, 11) is 1.64. The number of nitrogens with one attached hydrogen (secondary N) is 1. The van der Waals surface area contributed by atoms with E-state index in [4.69, 9.17) is 4.74 Å². The Morgan fingerprint density at radius 3 is 2.14 bits per heavy atom. The number of aromatic nitrogens is 2. The maximum absolute atomic E-state index is 12.7. The summed E-state index contributed by atoms with van der Waals surface area (Å²) < 4.78 is 5.25. The molecule has 3 aromatic rings. The maximum atomic E-state index is 12.7. The van der Waals surface area contributed by atoms with Crippen molar-refractivity contribution in [1.29, 1.82) is 0 Å². The van der Waals surface area contributed by atoms with Crippen molar-refractivity contribution >= 4 is 17.7 Å². The Bertz CT molecular complexity index is 952. The number of nitrogens with zero attached hydrogens (tertiary/aromatic N) is 2. The van der Waals surface area contributed by atoms with Gasteiger partial charge in [0, 0.05) is 11.4 Å². The second kappa shape index (κ2) is 9.56. The number of hydrogen-bond acceptors (Lipinski definition) is 5. The predicted molar refractivity (Wildman–Crippen MR) is 116 cm³/mol. The zero-order valence-corrected chi connectivity index (χ0v) is 17.9. The van der Waals surface area contributed by atoms with Crippen LogP contribution in [0.15, 0.2) is 59.8 Å². The highest BCUT2D eigenvalue weighted by molar-refractivity contribution is 7.99. The number of carbonyl (C=O) groups excluding carboxylic acids is 1. The van der Waals surface area contributed by atoms with Gasteiger partial charge in [-0.2, -0.15) is 0 Å². The molecule has 6 heteroatoms. The Morgan fingerprint density at radius 1 is 0.966 bits per heavy atom. The molecule has 0 fully saturated rings. The highest BCUT2D eigenvalue weighted by atomic mass is 32.2. The zero-order valence-electron chi connectivity index (χ0n) is 17.1. The molecule has 1 aromatic heterocycles. The molecule has 1 heterocycles. The van der Waals surface area contributed by atoms with Crippen LogP contribution >= 0.6 is 11.8 Å². The number of thioether (sulfide) groups is 1. The van der Waals surface area contributed by atoms with Gasteiger partial charge in [-0.15, -0.1) is 0 Å². The average Bonchev–Trinajstić information content (AvgIpc) is 2.75. The van der Waals surface area contributed by atoms with Crippen LogP contribution in [0.3, 0.4) is 0 Å². The molecule has 0 saturated carbocycles. The van der Waals surface area contributed by atoms with E-state index in [9.17, 15) is 4.79 Å². The second-order valence-electron chi connectivity index (χ2n) is 6.78. The summed E-state index contributed by atoms with van der Waals surface area (Å²) in [6, 6.07) is 17.4. The Hall–Kier alpha value is -2.86. The highest BCUT2D eigenvalue weighted by Gasteiger charge is 2.17. The molecule has 5 nitrogen and oxygen atoms in total. The molecule has 1 N–H and O–H groups in total. The maximum Gasteiger partial charge on any atom is 0.231 e. The largest absolute Gasteiger partial charge is 0.497 e. The zero-order chi connectivity index (χ0) is 20.8. The van der Waals surface area contributed by atoms with Crippen molar-refractivity contribution < 1.29 is 9.53 Å². The van der Waals surface area contributed by atoms with Gasteiger partial charge in [-0.05, 0) is 49.6 Å². The van der Waals surface area contributed by atoms with Crippen LogP contribution in [0.5, 0.6) is 5.75 Å². The quantitative estimate of drug-likeness (QED) is 0.464. The standard InChI is InChI=1S/C23H25N3O2S/c1-15-16(2)24-23(25-17(15)3)29-14-21(27)26-22(18-8-6-5-7-9-18)19-10-12-20(28-4)13-11-19/h5-13,22H,14H2,1-4H3,(H,26,27)/t22-/m0/s1. The van der Waals surface area contributed by atoms with E-state index in [2.05, 4.69) is 15.3 Å². The van der Waals surface area contributed by atoms with E-state index in [1.165, 1.54) is 11.8 Å². The van der Waals surface area contributed by atoms with Gasteiger partial charge in [0.05, 0.1) is 18.9 Å². The van der Waals surface area contributed by atoms with Crippen LogP contribution in [0.1, 0.15) is 34.1 Å². The molecule has 1 atom stereocenters. The number of rotatable bonds is 7. The fourth-order valence-electron chi connectivity index (χ4n) is 2.94. The molecule has 0 saturated heterocycles. The van der Waals surface area contributed by atoms with Crippen molar-refractivity contribution in [2.45, 2.75) is 32.0 Å². The molecule has 29 heavy (non-hydrogen) atoms. The van der Waals surface area contributed by atoms with Gasteiger partial charge in [-0.25, -0.2) is 9.97 Å². The molecule has 0 unspecified atom stereocenters. The van der Waals surface area contributed by atoms with Crippen LogP contribution in [0, 0.1) is 20.8 Å². The Morgan fingerprint density at radius 2 is 1.55 bits per heavy atom. The molecular weight excluding hydrogens is 382 g/mol. The number of aryl methyl sites for hydroxylation is 2. The molecule has 0 spiro atoms. The lowest BCUT2D eigenvalue weighted by atomic mass is 9.98. The van der Waals surface area contributed by atoms with Gasteiger partial charge in [0.25, 0.3) is 0 Å². The number of ether oxygens (including phenoxy) is 1. The van der Waals surface area contributed by atoms with E-state index >= 15 is 0 Å². The average molecular weight is 408 g/mol. The van der Waals surface area contributed by atoms with E-state index in [0.717, 1.165) is 33.8 Å². The SMILES string of the molecule is COc1ccc([C@@H](NC(=O)CSc2nc(C)c(C)c(C)n2)c2ccccc2)cc1. The van der Waals surface area contributed by atoms with Gasteiger partial charge < -0.3 is 10.1 Å². The number of hydrogen-bond donors (Lipinski definition) is 1. The third kappa shape index (κ3) is 5.35. The molecule has 0 radical (unpaired) electrons.